The van der Waals surface area contributed by atoms with Crippen LogP contribution in [0.3, 0.4) is 0 Å². The maximum Gasteiger partial charge on any atom is 0.229 e. The average molecular weight is 184 g/mol. The number of rotatable bonds is 3. The van der Waals surface area contributed by atoms with Crippen LogP contribution in [0.5, 0.6) is 0 Å². The summed E-state index contributed by atoms with van der Waals surface area (Å²) in [7, 11) is 0. The summed E-state index contributed by atoms with van der Waals surface area (Å²) < 4.78 is 0. The molecule has 1 aliphatic heterocycles. The third-order valence-corrected chi connectivity index (χ3v) is 2.40. The van der Waals surface area contributed by atoms with Crippen LogP contribution in [0.4, 0.5) is 0 Å². The molecule has 1 rings (SSSR count). The molecule has 1 fully saturated rings. The summed E-state index contributed by atoms with van der Waals surface area (Å²) in [6.45, 7) is 4.33. The van der Waals surface area contributed by atoms with Gasteiger partial charge in [0.2, 0.25) is 11.8 Å². The summed E-state index contributed by atoms with van der Waals surface area (Å²) in [5.41, 5.74) is 5.77. The highest BCUT2D eigenvalue weighted by Crippen LogP contribution is 2.13. The van der Waals surface area contributed by atoms with Crippen molar-refractivity contribution in [3.63, 3.8) is 0 Å². The molecule has 0 bridgehead atoms. The van der Waals surface area contributed by atoms with Crippen LogP contribution in [0, 0.1) is 5.92 Å². The average Bonchev–Trinajstić information content (AvgIpc) is 2.35. The fourth-order valence-corrected chi connectivity index (χ4v) is 1.25. The Labute approximate surface area is 78.1 Å². The third-order valence-electron chi connectivity index (χ3n) is 2.40. The Bertz CT molecular complexity index is 210. The summed E-state index contributed by atoms with van der Waals surface area (Å²) in [4.78, 5) is 23.7. The normalized spacial score (nSPS) is 20.2. The van der Waals surface area contributed by atoms with Crippen molar-refractivity contribution in [1.29, 1.82) is 0 Å². The Balaban J connectivity index is 2.52. The van der Waals surface area contributed by atoms with Gasteiger partial charge in [0.05, 0.1) is 0 Å². The second-order valence-corrected chi connectivity index (χ2v) is 3.81. The zero-order chi connectivity index (χ0) is 10.0. The first-order chi connectivity index (χ1) is 6.02. The number of amides is 2. The fourth-order valence-electron chi connectivity index (χ4n) is 1.25. The number of carbonyl (C=O) groups excluding carboxylic acids is 2. The summed E-state index contributed by atoms with van der Waals surface area (Å²) >= 11 is 0. The lowest BCUT2D eigenvalue weighted by Crippen LogP contribution is -2.43. The van der Waals surface area contributed by atoms with E-state index in [1.54, 1.807) is 0 Å². The lowest BCUT2D eigenvalue weighted by Gasteiger charge is -2.21. The van der Waals surface area contributed by atoms with E-state index in [0.717, 1.165) is 0 Å². The molecule has 1 aliphatic rings. The van der Waals surface area contributed by atoms with Crippen molar-refractivity contribution in [3.05, 3.63) is 0 Å². The molecule has 2 N–H and O–H groups in total. The largest absolute Gasteiger partial charge is 0.326 e. The molecule has 2 amide bonds. The lowest BCUT2D eigenvalue weighted by atomic mass is 10.1. The van der Waals surface area contributed by atoms with Crippen LogP contribution in [0.25, 0.3) is 0 Å². The van der Waals surface area contributed by atoms with Crippen molar-refractivity contribution in [3.8, 4) is 0 Å². The van der Waals surface area contributed by atoms with Crippen molar-refractivity contribution in [2.75, 3.05) is 6.54 Å². The van der Waals surface area contributed by atoms with Crippen LogP contribution in [0.15, 0.2) is 0 Å². The molecular weight excluding hydrogens is 168 g/mol. The number of nitrogens with zero attached hydrogens (tertiary/aromatic N) is 1. The number of hydrogen-bond acceptors (Lipinski definition) is 3. The molecule has 1 unspecified atom stereocenters. The molecule has 4 nitrogen and oxygen atoms in total. The van der Waals surface area contributed by atoms with Crippen molar-refractivity contribution in [1.82, 2.24) is 4.90 Å². The van der Waals surface area contributed by atoms with Gasteiger partial charge in [-0.15, -0.1) is 0 Å². The first-order valence-electron chi connectivity index (χ1n) is 4.61. The quantitative estimate of drug-likeness (QED) is 0.633. The monoisotopic (exact) mass is 184 g/mol. The Kier molecular flexibility index (Phi) is 3.03. The SMILES string of the molecule is CC(C)C(N)CN1C(=O)CCC1=O. The number of hydrogen-bond donors (Lipinski definition) is 1. The van der Waals surface area contributed by atoms with Crippen LogP contribution in [-0.2, 0) is 9.59 Å². The van der Waals surface area contributed by atoms with Crippen molar-refractivity contribution in [2.24, 2.45) is 11.7 Å². The van der Waals surface area contributed by atoms with Gasteiger partial charge in [-0.25, -0.2) is 0 Å². The molecule has 74 valence electrons. The highest BCUT2D eigenvalue weighted by atomic mass is 16.2. The van der Waals surface area contributed by atoms with Gasteiger partial charge in [-0.2, -0.15) is 0 Å². The minimum Gasteiger partial charge on any atom is -0.326 e. The molecule has 4 heteroatoms. The summed E-state index contributed by atoms with van der Waals surface area (Å²) in [5.74, 6) is 0.128. The van der Waals surface area contributed by atoms with Gasteiger partial charge in [-0.3, -0.25) is 14.5 Å². The van der Waals surface area contributed by atoms with E-state index in [4.69, 9.17) is 5.73 Å². The van der Waals surface area contributed by atoms with Crippen LogP contribution in [0.1, 0.15) is 26.7 Å². The molecule has 0 aromatic rings. The predicted octanol–water partition coefficient (Wildman–Crippen LogP) is 0.119. The van der Waals surface area contributed by atoms with E-state index in [0.29, 0.717) is 25.3 Å². The number of carbonyl (C=O) groups is 2. The lowest BCUT2D eigenvalue weighted by molar-refractivity contribution is -0.138. The molecular formula is C9H16N2O2. The second kappa shape index (κ2) is 3.87. The van der Waals surface area contributed by atoms with E-state index in [9.17, 15) is 9.59 Å². The molecule has 0 saturated carbocycles. The fraction of sp³-hybridized carbons (Fsp3) is 0.778. The van der Waals surface area contributed by atoms with Gasteiger partial charge in [0.25, 0.3) is 0 Å². The Hall–Kier alpha value is -0.900. The van der Waals surface area contributed by atoms with Gasteiger partial charge in [0.1, 0.15) is 0 Å². The summed E-state index contributed by atoms with van der Waals surface area (Å²) in [5, 5.41) is 0. The smallest absolute Gasteiger partial charge is 0.229 e. The standard InChI is InChI=1S/C9H16N2O2/c1-6(2)7(10)5-11-8(12)3-4-9(11)13/h6-7H,3-5,10H2,1-2H3. The topological polar surface area (TPSA) is 63.4 Å². The van der Waals surface area contributed by atoms with E-state index in [-0.39, 0.29) is 17.9 Å². The van der Waals surface area contributed by atoms with Crippen LogP contribution >= 0.6 is 0 Å². The zero-order valence-electron chi connectivity index (χ0n) is 8.12. The molecule has 1 atom stereocenters. The summed E-state index contributed by atoms with van der Waals surface area (Å²) in [6.07, 6.45) is 0.702. The Morgan fingerprint density at radius 2 is 1.77 bits per heavy atom. The van der Waals surface area contributed by atoms with Crippen LogP contribution < -0.4 is 5.73 Å². The highest BCUT2D eigenvalue weighted by Gasteiger charge is 2.30. The van der Waals surface area contributed by atoms with Crippen molar-refractivity contribution < 1.29 is 9.59 Å². The van der Waals surface area contributed by atoms with Crippen LogP contribution in [-0.4, -0.2) is 29.3 Å². The Morgan fingerprint density at radius 3 is 2.15 bits per heavy atom. The maximum absolute atomic E-state index is 11.2. The van der Waals surface area contributed by atoms with Gasteiger partial charge in [0, 0.05) is 25.4 Å². The number of likely N-dealkylation sites (tertiary alicyclic amines) is 1. The van der Waals surface area contributed by atoms with Gasteiger partial charge in [-0.05, 0) is 5.92 Å². The maximum atomic E-state index is 11.2. The second-order valence-electron chi connectivity index (χ2n) is 3.81. The molecule has 1 heterocycles. The molecule has 0 radical (unpaired) electrons. The number of imide groups is 1. The van der Waals surface area contributed by atoms with E-state index >= 15 is 0 Å². The van der Waals surface area contributed by atoms with E-state index in [1.807, 2.05) is 13.8 Å². The molecule has 0 spiro atoms. The third kappa shape index (κ3) is 2.28. The van der Waals surface area contributed by atoms with E-state index in [1.165, 1.54) is 4.90 Å². The van der Waals surface area contributed by atoms with E-state index in [2.05, 4.69) is 0 Å². The molecule has 1 saturated heterocycles. The van der Waals surface area contributed by atoms with E-state index < -0.39 is 0 Å². The molecule has 0 aromatic carbocycles. The zero-order valence-corrected chi connectivity index (χ0v) is 8.12. The summed E-state index contributed by atoms with van der Waals surface area (Å²) in [6, 6.07) is -0.106. The first-order valence-corrected chi connectivity index (χ1v) is 4.61. The highest BCUT2D eigenvalue weighted by molar-refractivity contribution is 6.01. The minimum atomic E-state index is -0.106. The van der Waals surface area contributed by atoms with Gasteiger partial charge in [-0.1, -0.05) is 13.8 Å². The van der Waals surface area contributed by atoms with Crippen LogP contribution in [0.2, 0.25) is 0 Å². The van der Waals surface area contributed by atoms with Gasteiger partial charge >= 0.3 is 0 Å². The number of nitrogens with two attached hydrogens (primary N) is 1. The first kappa shape index (κ1) is 10.2. The molecule has 0 aromatic heterocycles. The Morgan fingerprint density at radius 1 is 1.31 bits per heavy atom. The van der Waals surface area contributed by atoms with Gasteiger partial charge < -0.3 is 5.73 Å². The minimum absolute atomic E-state index is 0.0823. The van der Waals surface area contributed by atoms with Gasteiger partial charge in [0.15, 0.2) is 0 Å². The molecule has 0 aliphatic carbocycles. The molecule has 13 heavy (non-hydrogen) atoms. The van der Waals surface area contributed by atoms with Crippen molar-refractivity contribution >= 4 is 11.8 Å². The van der Waals surface area contributed by atoms with Crippen molar-refractivity contribution in [2.45, 2.75) is 32.7 Å². The predicted molar refractivity (Wildman–Crippen MR) is 48.8 cm³/mol.